The molecule has 1 amide bonds. The standard InChI is InChI=1S/C19H22BrClN2O5/c1-19(2,3)28-18(25)23-5-4-14(22-26)12(9-23)16(24)15-7-10-6-11(21)8-13(20)17(10)27-15/h6,8,12,15,26H,4-5,7,9H2,1-3H3. The molecule has 3 rings (SSSR count). The second-order valence-corrected chi connectivity index (χ2v) is 9.20. The maximum atomic E-state index is 13.1. The van der Waals surface area contributed by atoms with Crippen LogP contribution in [0.5, 0.6) is 5.75 Å². The number of ether oxygens (including phenoxy) is 2. The zero-order valence-corrected chi connectivity index (χ0v) is 18.2. The van der Waals surface area contributed by atoms with Gasteiger partial charge in [-0.3, -0.25) is 4.79 Å². The molecule has 0 spiro atoms. The Hall–Kier alpha value is -1.80. The molecule has 28 heavy (non-hydrogen) atoms. The van der Waals surface area contributed by atoms with E-state index in [1.807, 2.05) is 0 Å². The van der Waals surface area contributed by atoms with Gasteiger partial charge in [-0.05, 0) is 48.8 Å². The lowest BCUT2D eigenvalue weighted by Gasteiger charge is -2.34. The van der Waals surface area contributed by atoms with Crippen molar-refractivity contribution < 1.29 is 24.3 Å². The molecule has 1 aromatic carbocycles. The number of benzene rings is 1. The summed E-state index contributed by atoms with van der Waals surface area (Å²) in [7, 11) is 0. The lowest BCUT2D eigenvalue weighted by atomic mass is 9.88. The van der Waals surface area contributed by atoms with Gasteiger partial charge in [0, 0.05) is 36.5 Å². The summed E-state index contributed by atoms with van der Waals surface area (Å²) in [5.74, 6) is -0.398. The number of nitrogens with zero attached hydrogens (tertiary/aromatic N) is 2. The smallest absolute Gasteiger partial charge is 0.410 e. The van der Waals surface area contributed by atoms with E-state index in [0.717, 1.165) is 5.56 Å². The normalized spacial score (nSPS) is 23.3. The predicted octanol–water partition coefficient (Wildman–Crippen LogP) is 4.06. The fourth-order valence-electron chi connectivity index (χ4n) is 3.37. The third-order valence-corrected chi connectivity index (χ3v) is 5.44. The molecule has 0 radical (unpaired) electrons. The average Bonchev–Trinajstić information content (AvgIpc) is 3.03. The molecule has 1 saturated heterocycles. The van der Waals surface area contributed by atoms with E-state index in [9.17, 15) is 14.8 Å². The van der Waals surface area contributed by atoms with Gasteiger partial charge in [0.15, 0.2) is 11.9 Å². The van der Waals surface area contributed by atoms with Crippen LogP contribution in [0.3, 0.4) is 0 Å². The number of carbonyl (C=O) groups is 2. The van der Waals surface area contributed by atoms with Crippen LogP contribution < -0.4 is 4.74 Å². The van der Waals surface area contributed by atoms with Gasteiger partial charge in [-0.25, -0.2) is 4.79 Å². The van der Waals surface area contributed by atoms with Gasteiger partial charge < -0.3 is 19.6 Å². The summed E-state index contributed by atoms with van der Waals surface area (Å²) < 4.78 is 11.9. The number of likely N-dealkylation sites (tertiary alicyclic amines) is 1. The minimum atomic E-state index is -0.750. The first-order chi connectivity index (χ1) is 13.1. The Morgan fingerprint density at radius 1 is 1.39 bits per heavy atom. The number of amides is 1. The van der Waals surface area contributed by atoms with Crippen molar-refractivity contribution in [1.29, 1.82) is 0 Å². The van der Waals surface area contributed by atoms with E-state index < -0.39 is 23.7 Å². The Balaban J connectivity index is 1.76. The SMILES string of the molecule is CC(C)(C)OC(=O)N1CCC(=NO)C(C(=O)C2Cc3cc(Cl)cc(Br)c3O2)C1. The van der Waals surface area contributed by atoms with Crippen molar-refractivity contribution in [2.24, 2.45) is 11.1 Å². The molecule has 0 bridgehead atoms. The number of hydrogen-bond donors (Lipinski definition) is 1. The van der Waals surface area contributed by atoms with Gasteiger partial charge in [0.05, 0.1) is 16.1 Å². The van der Waals surface area contributed by atoms with Gasteiger partial charge in [-0.15, -0.1) is 0 Å². The lowest BCUT2D eigenvalue weighted by Crippen LogP contribution is -2.50. The number of hydrogen-bond acceptors (Lipinski definition) is 6. The summed E-state index contributed by atoms with van der Waals surface area (Å²) in [6.45, 7) is 5.76. The van der Waals surface area contributed by atoms with E-state index in [-0.39, 0.29) is 12.3 Å². The predicted molar refractivity (Wildman–Crippen MR) is 107 cm³/mol. The molecule has 2 aliphatic rings. The van der Waals surface area contributed by atoms with Crippen LogP contribution in [-0.2, 0) is 16.0 Å². The van der Waals surface area contributed by atoms with Crippen LogP contribution in [0.2, 0.25) is 5.02 Å². The van der Waals surface area contributed by atoms with Crippen molar-refractivity contribution in [3.05, 3.63) is 27.2 Å². The number of piperidine rings is 1. The third kappa shape index (κ3) is 4.43. The van der Waals surface area contributed by atoms with Gasteiger partial charge in [0.25, 0.3) is 0 Å². The average molecular weight is 474 g/mol. The highest BCUT2D eigenvalue weighted by molar-refractivity contribution is 9.10. The molecule has 2 aliphatic heterocycles. The first-order valence-corrected chi connectivity index (χ1v) is 10.1. The monoisotopic (exact) mass is 472 g/mol. The highest BCUT2D eigenvalue weighted by atomic mass is 79.9. The highest BCUT2D eigenvalue weighted by Crippen LogP contribution is 2.39. The molecule has 2 atom stereocenters. The van der Waals surface area contributed by atoms with Crippen LogP contribution in [0.1, 0.15) is 32.8 Å². The second kappa shape index (κ2) is 7.91. The van der Waals surface area contributed by atoms with Gasteiger partial charge in [-0.2, -0.15) is 0 Å². The van der Waals surface area contributed by atoms with Gasteiger partial charge in [-0.1, -0.05) is 16.8 Å². The number of halogens is 2. The van der Waals surface area contributed by atoms with Crippen molar-refractivity contribution in [2.75, 3.05) is 13.1 Å². The Morgan fingerprint density at radius 3 is 2.75 bits per heavy atom. The number of ketones is 1. The van der Waals surface area contributed by atoms with Gasteiger partial charge in [0.1, 0.15) is 11.4 Å². The van der Waals surface area contributed by atoms with Crippen LogP contribution in [0.25, 0.3) is 0 Å². The Labute approximate surface area is 176 Å². The van der Waals surface area contributed by atoms with Gasteiger partial charge >= 0.3 is 6.09 Å². The first-order valence-electron chi connectivity index (χ1n) is 8.96. The summed E-state index contributed by atoms with van der Waals surface area (Å²) in [5.41, 5.74) is 0.547. The summed E-state index contributed by atoms with van der Waals surface area (Å²) in [4.78, 5) is 27.0. The molecule has 1 aromatic rings. The molecule has 2 heterocycles. The number of oxime groups is 1. The minimum absolute atomic E-state index is 0.0886. The Morgan fingerprint density at radius 2 is 2.11 bits per heavy atom. The number of Topliss-reactive ketones (excluding diaryl/α,β-unsaturated/α-hetero) is 1. The highest BCUT2D eigenvalue weighted by Gasteiger charge is 2.41. The largest absolute Gasteiger partial charge is 0.481 e. The van der Waals surface area contributed by atoms with Crippen LogP contribution in [0.15, 0.2) is 21.8 Å². The van der Waals surface area contributed by atoms with Crippen LogP contribution in [0, 0.1) is 5.92 Å². The van der Waals surface area contributed by atoms with E-state index in [2.05, 4.69) is 21.1 Å². The maximum absolute atomic E-state index is 13.1. The zero-order chi connectivity index (χ0) is 20.6. The van der Waals surface area contributed by atoms with Crippen molar-refractivity contribution in [3.8, 4) is 5.75 Å². The zero-order valence-electron chi connectivity index (χ0n) is 15.9. The first kappa shape index (κ1) is 20.9. The molecule has 1 N–H and O–H groups in total. The number of rotatable bonds is 2. The van der Waals surface area contributed by atoms with Crippen molar-refractivity contribution in [2.45, 2.75) is 45.3 Å². The Kier molecular flexibility index (Phi) is 5.91. The molecule has 2 unspecified atom stereocenters. The molecular weight excluding hydrogens is 452 g/mol. The van der Waals surface area contributed by atoms with Crippen LogP contribution in [0.4, 0.5) is 4.79 Å². The summed E-state index contributed by atoms with van der Waals surface area (Å²) in [6, 6.07) is 3.47. The molecule has 0 aromatic heterocycles. The number of carbonyl (C=O) groups excluding carboxylic acids is 2. The van der Waals surface area contributed by atoms with E-state index in [1.165, 1.54) is 4.90 Å². The molecule has 9 heteroatoms. The van der Waals surface area contributed by atoms with Gasteiger partial charge in [0.2, 0.25) is 0 Å². The summed E-state index contributed by atoms with van der Waals surface area (Å²) in [5, 5.41) is 13.2. The molecule has 152 valence electrons. The van der Waals surface area contributed by atoms with Crippen molar-refractivity contribution >= 4 is 45.1 Å². The Bertz CT molecular complexity index is 836. The van der Waals surface area contributed by atoms with E-state index >= 15 is 0 Å². The summed E-state index contributed by atoms with van der Waals surface area (Å²) in [6.07, 6.45) is -0.561. The van der Waals surface area contributed by atoms with Crippen LogP contribution in [-0.4, -0.2) is 52.5 Å². The van der Waals surface area contributed by atoms with E-state index in [1.54, 1.807) is 32.9 Å². The van der Waals surface area contributed by atoms with E-state index in [4.69, 9.17) is 21.1 Å². The molecule has 0 saturated carbocycles. The maximum Gasteiger partial charge on any atom is 0.410 e. The fourth-order valence-corrected chi connectivity index (χ4v) is 4.34. The van der Waals surface area contributed by atoms with Crippen LogP contribution >= 0.6 is 27.5 Å². The second-order valence-electron chi connectivity index (χ2n) is 7.91. The van der Waals surface area contributed by atoms with Crippen molar-refractivity contribution in [3.63, 3.8) is 0 Å². The number of fused-ring (bicyclic) bond motifs is 1. The lowest BCUT2D eigenvalue weighted by molar-refractivity contribution is -0.127. The molecule has 7 nitrogen and oxygen atoms in total. The third-order valence-electron chi connectivity index (χ3n) is 4.63. The van der Waals surface area contributed by atoms with E-state index in [0.29, 0.717) is 40.3 Å². The molecule has 0 aliphatic carbocycles. The minimum Gasteiger partial charge on any atom is -0.481 e. The summed E-state index contributed by atoms with van der Waals surface area (Å²) >= 11 is 9.48. The topological polar surface area (TPSA) is 88.4 Å². The quantitative estimate of drug-likeness (QED) is 0.517. The fraction of sp³-hybridized carbons (Fsp3) is 0.526. The molecular formula is C19H22BrClN2O5. The van der Waals surface area contributed by atoms with Crippen molar-refractivity contribution in [1.82, 2.24) is 4.90 Å². The molecule has 1 fully saturated rings.